The smallest absolute Gasteiger partial charge is 0.330 e. The van der Waals surface area contributed by atoms with E-state index < -0.39 is 18.0 Å². The molecular weight excluding hydrogens is 248 g/mol. The first-order chi connectivity index (χ1) is 9.06. The van der Waals surface area contributed by atoms with Crippen LogP contribution < -0.4 is 5.11 Å². The van der Waals surface area contributed by atoms with Crippen LogP contribution in [-0.4, -0.2) is 29.8 Å². The van der Waals surface area contributed by atoms with Crippen molar-refractivity contribution in [2.75, 3.05) is 6.61 Å². The van der Waals surface area contributed by atoms with Gasteiger partial charge in [0.05, 0.1) is 12.1 Å². The number of ether oxygens (including phenoxy) is 1. The van der Waals surface area contributed by atoms with Gasteiger partial charge in [-0.3, -0.25) is 0 Å². The topological polar surface area (TPSA) is 86.7 Å². The van der Waals surface area contributed by atoms with Gasteiger partial charge in [0.2, 0.25) is 0 Å². The maximum Gasteiger partial charge on any atom is 0.330 e. The number of aliphatic hydroxyl groups is 1. The van der Waals surface area contributed by atoms with Crippen molar-refractivity contribution in [3.05, 3.63) is 12.2 Å². The number of carboxylic acids is 1. The maximum atomic E-state index is 11.0. The second-order valence-electron chi connectivity index (χ2n) is 4.49. The van der Waals surface area contributed by atoms with Crippen molar-refractivity contribution in [2.24, 2.45) is 0 Å². The fraction of sp³-hybridized carbons (Fsp3) is 0.714. The molecule has 0 radical (unpaired) electrons. The summed E-state index contributed by atoms with van der Waals surface area (Å²) < 4.78 is 4.68. The number of rotatable bonds is 11. The second kappa shape index (κ2) is 11.7. The number of aliphatic hydroxyl groups excluding tert-OH is 1. The molecule has 1 atom stereocenters. The Morgan fingerprint density at radius 2 is 1.79 bits per heavy atom. The molecule has 19 heavy (non-hydrogen) atoms. The molecule has 0 rings (SSSR count). The summed E-state index contributed by atoms with van der Waals surface area (Å²) in [4.78, 5) is 21.0. The summed E-state index contributed by atoms with van der Waals surface area (Å²) in [6, 6.07) is 0. The standard InChI is InChI=1S/C14H24O5/c1-2-3-4-5-6-7-8-12(15)11-19-14(18)10-9-13(16)17/h9-10,12,15H,2-8,11H2,1H3,(H,16,17)/p-1. The molecule has 0 aromatic carbocycles. The molecule has 1 N–H and O–H groups in total. The summed E-state index contributed by atoms with van der Waals surface area (Å²) in [6.45, 7) is 2.05. The summed E-state index contributed by atoms with van der Waals surface area (Å²) in [6.07, 6.45) is 8.06. The van der Waals surface area contributed by atoms with E-state index in [4.69, 9.17) is 0 Å². The summed E-state index contributed by atoms with van der Waals surface area (Å²) in [5.74, 6) is -2.24. The van der Waals surface area contributed by atoms with Crippen molar-refractivity contribution >= 4 is 11.9 Å². The van der Waals surface area contributed by atoms with Gasteiger partial charge in [0.25, 0.3) is 0 Å². The monoisotopic (exact) mass is 271 g/mol. The van der Waals surface area contributed by atoms with Crippen LogP contribution in [-0.2, 0) is 14.3 Å². The molecule has 0 aliphatic heterocycles. The van der Waals surface area contributed by atoms with E-state index in [2.05, 4.69) is 11.7 Å². The number of hydrogen-bond acceptors (Lipinski definition) is 5. The van der Waals surface area contributed by atoms with E-state index in [1.54, 1.807) is 0 Å². The zero-order chi connectivity index (χ0) is 14.5. The molecule has 1 unspecified atom stereocenters. The molecule has 0 heterocycles. The quantitative estimate of drug-likeness (QED) is 0.343. The van der Waals surface area contributed by atoms with Crippen LogP contribution in [0.25, 0.3) is 0 Å². The first-order valence-corrected chi connectivity index (χ1v) is 6.80. The van der Waals surface area contributed by atoms with Gasteiger partial charge in [-0.15, -0.1) is 0 Å². The van der Waals surface area contributed by atoms with Gasteiger partial charge in [-0.2, -0.15) is 0 Å². The second-order valence-corrected chi connectivity index (χ2v) is 4.49. The zero-order valence-corrected chi connectivity index (χ0v) is 11.5. The molecule has 0 aliphatic carbocycles. The lowest BCUT2D eigenvalue weighted by Gasteiger charge is -2.10. The highest BCUT2D eigenvalue weighted by Crippen LogP contribution is 2.08. The Morgan fingerprint density at radius 3 is 2.42 bits per heavy atom. The van der Waals surface area contributed by atoms with E-state index in [9.17, 15) is 19.8 Å². The third kappa shape index (κ3) is 12.9. The van der Waals surface area contributed by atoms with Crippen LogP contribution in [0, 0.1) is 0 Å². The molecule has 0 aromatic heterocycles. The van der Waals surface area contributed by atoms with Crippen molar-refractivity contribution in [3.8, 4) is 0 Å². The van der Waals surface area contributed by atoms with Crippen molar-refractivity contribution in [2.45, 2.75) is 58.0 Å². The molecule has 0 saturated heterocycles. The van der Waals surface area contributed by atoms with Gasteiger partial charge in [0.1, 0.15) is 6.61 Å². The van der Waals surface area contributed by atoms with Crippen LogP contribution in [0.5, 0.6) is 0 Å². The lowest BCUT2D eigenvalue weighted by molar-refractivity contribution is -0.297. The Morgan fingerprint density at radius 1 is 1.16 bits per heavy atom. The Kier molecular flexibility index (Phi) is 10.9. The van der Waals surface area contributed by atoms with Gasteiger partial charge < -0.3 is 19.7 Å². The van der Waals surface area contributed by atoms with E-state index in [0.29, 0.717) is 12.5 Å². The van der Waals surface area contributed by atoms with E-state index in [0.717, 1.165) is 25.3 Å². The molecule has 0 aromatic rings. The average Bonchev–Trinajstić information content (AvgIpc) is 2.38. The SMILES string of the molecule is CCCCCCCCC(O)COC(=O)C=CC(=O)[O-]. The summed E-state index contributed by atoms with van der Waals surface area (Å²) >= 11 is 0. The van der Waals surface area contributed by atoms with E-state index >= 15 is 0 Å². The number of esters is 1. The third-order valence-corrected chi connectivity index (χ3v) is 2.66. The van der Waals surface area contributed by atoms with E-state index in [1.165, 1.54) is 19.3 Å². The van der Waals surface area contributed by atoms with E-state index in [1.807, 2.05) is 0 Å². The lowest BCUT2D eigenvalue weighted by Crippen LogP contribution is -2.20. The van der Waals surface area contributed by atoms with Gasteiger partial charge >= 0.3 is 5.97 Å². The highest BCUT2D eigenvalue weighted by Gasteiger charge is 2.06. The molecule has 0 spiro atoms. The third-order valence-electron chi connectivity index (χ3n) is 2.66. The van der Waals surface area contributed by atoms with Crippen molar-refractivity contribution in [3.63, 3.8) is 0 Å². The molecule has 0 saturated carbocycles. The van der Waals surface area contributed by atoms with Crippen molar-refractivity contribution in [1.82, 2.24) is 0 Å². The minimum Gasteiger partial charge on any atom is -0.545 e. The summed E-state index contributed by atoms with van der Waals surface area (Å²) in [5.41, 5.74) is 0. The Hall–Kier alpha value is -1.36. The lowest BCUT2D eigenvalue weighted by atomic mass is 10.1. The average molecular weight is 271 g/mol. The minimum atomic E-state index is -1.45. The fourth-order valence-corrected chi connectivity index (χ4v) is 1.61. The molecule has 0 aliphatic rings. The molecule has 110 valence electrons. The zero-order valence-electron chi connectivity index (χ0n) is 11.5. The Labute approximate surface area is 114 Å². The van der Waals surface area contributed by atoms with Crippen LogP contribution in [0.1, 0.15) is 51.9 Å². The molecule has 5 nitrogen and oxygen atoms in total. The predicted octanol–water partition coefficient (Wildman–Crippen LogP) is 0.947. The molecule has 0 fully saturated rings. The van der Waals surface area contributed by atoms with Crippen molar-refractivity contribution in [1.29, 1.82) is 0 Å². The van der Waals surface area contributed by atoms with Crippen LogP contribution >= 0.6 is 0 Å². The first-order valence-electron chi connectivity index (χ1n) is 6.80. The number of aliphatic carboxylic acids is 1. The van der Waals surface area contributed by atoms with Crippen LogP contribution in [0.4, 0.5) is 0 Å². The van der Waals surface area contributed by atoms with E-state index in [-0.39, 0.29) is 6.61 Å². The Bertz CT molecular complexity index is 286. The molecular formula is C14H23O5-. The molecule has 0 amide bonds. The fourth-order valence-electron chi connectivity index (χ4n) is 1.61. The number of unbranched alkanes of at least 4 members (excludes halogenated alkanes) is 5. The van der Waals surface area contributed by atoms with Crippen LogP contribution in [0.2, 0.25) is 0 Å². The largest absolute Gasteiger partial charge is 0.545 e. The minimum absolute atomic E-state index is 0.106. The normalized spacial score (nSPS) is 12.5. The summed E-state index contributed by atoms with van der Waals surface area (Å²) in [7, 11) is 0. The van der Waals surface area contributed by atoms with Crippen molar-refractivity contribution < 1.29 is 24.5 Å². The van der Waals surface area contributed by atoms with Gasteiger partial charge in [-0.05, 0) is 12.5 Å². The van der Waals surface area contributed by atoms with Gasteiger partial charge in [-0.1, -0.05) is 45.4 Å². The number of hydrogen-bond donors (Lipinski definition) is 1. The number of carbonyl (C=O) groups is 2. The van der Waals surface area contributed by atoms with Gasteiger partial charge in [0.15, 0.2) is 0 Å². The van der Waals surface area contributed by atoms with Gasteiger partial charge in [-0.25, -0.2) is 4.79 Å². The highest BCUT2D eigenvalue weighted by molar-refractivity contribution is 5.89. The predicted molar refractivity (Wildman–Crippen MR) is 69.1 cm³/mol. The highest BCUT2D eigenvalue weighted by atomic mass is 16.5. The summed E-state index contributed by atoms with van der Waals surface area (Å²) in [5, 5.41) is 19.6. The number of carboxylic acid groups (broad SMARTS) is 1. The number of carbonyl (C=O) groups excluding carboxylic acids is 2. The van der Waals surface area contributed by atoms with Crippen LogP contribution in [0.3, 0.4) is 0 Å². The maximum absolute atomic E-state index is 11.0. The Balaban J connectivity index is 3.51. The first kappa shape index (κ1) is 17.6. The molecule has 0 bridgehead atoms. The van der Waals surface area contributed by atoms with Gasteiger partial charge in [0, 0.05) is 6.08 Å². The molecule has 5 heteroatoms. The van der Waals surface area contributed by atoms with Crippen LogP contribution in [0.15, 0.2) is 12.2 Å².